The number of benzene rings is 2. The Bertz CT molecular complexity index is 720. The van der Waals surface area contributed by atoms with Gasteiger partial charge in [-0.2, -0.15) is 0 Å². The average molecular weight is 327 g/mol. The van der Waals surface area contributed by atoms with Gasteiger partial charge in [0.05, 0.1) is 0 Å². The van der Waals surface area contributed by atoms with Gasteiger partial charge < -0.3 is 0 Å². The topological polar surface area (TPSA) is 74.6 Å². The summed E-state index contributed by atoms with van der Waals surface area (Å²) < 4.78 is 30.1. The summed E-state index contributed by atoms with van der Waals surface area (Å²) in [7, 11) is 0. The smallest absolute Gasteiger partial charge is 1.00 e. The van der Waals surface area contributed by atoms with E-state index in [0.29, 0.717) is 11.1 Å². The van der Waals surface area contributed by atoms with Gasteiger partial charge in [-0.25, -0.2) is 0 Å². The summed E-state index contributed by atoms with van der Waals surface area (Å²) in [6.45, 7) is 0. The van der Waals surface area contributed by atoms with Crippen molar-refractivity contribution in [2.45, 2.75) is 0 Å². The van der Waals surface area contributed by atoms with Gasteiger partial charge in [0.15, 0.2) is 0 Å². The maximum absolute atomic E-state index is 12.2. The first-order chi connectivity index (χ1) is 8.50. The van der Waals surface area contributed by atoms with Gasteiger partial charge in [0, 0.05) is 0 Å². The van der Waals surface area contributed by atoms with Crippen LogP contribution >= 0.6 is 0 Å². The van der Waals surface area contributed by atoms with Gasteiger partial charge in [0.2, 0.25) is 0 Å². The van der Waals surface area contributed by atoms with Crippen LogP contribution in [0.4, 0.5) is 0 Å². The minimum absolute atomic E-state index is 0. The Labute approximate surface area is 134 Å². The fourth-order valence-corrected chi connectivity index (χ4v) is 3.96. The van der Waals surface area contributed by atoms with Gasteiger partial charge in [-0.1, -0.05) is 0 Å². The first-order valence-electron chi connectivity index (χ1n) is 5.33. The van der Waals surface area contributed by atoms with E-state index in [2.05, 4.69) is 0 Å². The number of hydrogen-bond acceptors (Lipinski definition) is 2. The van der Waals surface area contributed by atoms with Crippen LogP contribution in [0, 0.1) is 0 Å². The number of ketones is 1. The number of rotatable bonds is 1. The van der Waals surface area contributed by atoms with E-state index in [0.717, 1.165) is 5.56 Å². The second-order valence-electron chi connectivity index (χ2n) is 4.12. The maximum atomic E-state index is 12.2. The van der Waals surface area contributed by atoms with Crippen molar-refractivity contribution in [2.24, 2.45) is 0 Å². The zero-order chi connectivity index (χ0) is 12.9. The van der Waals surface area contributed by atoms with Crippen LogP contribution in [0.5, 0.6) is 0 Å². The summed E-state index contributed by atoms with van der Waals surface area (Å²) in [6, 6.07) is 11.6. The third kappa shape index (κ3) is 2.29. The largest absolute Gasteiger partial charge is 1.00 e. The van der Waals surface area contributed by atoms with Crippen LogP contribution in [-0.4, -0.2) is 28.1 Å². The molecule has 1 aliphatic rings. The van der Waals surface area contributed by atoms with Gasteiger partial charge >= 0.3 is 135 Å². The van der Waals surface area contributed by atoms with Crippen molar-refractivity contribution in [1.29, 1.82) is 0 Å². The normalized spacial score (nSPS) is 12.6. The van der Waals surface area contributed by atoms with Crippen LogP contribution in [0.3, 0.4) is 0 Å². The summed E-state index contributed by atoms with van der Waals surface area (Å²) in [5.41, 5.74) is 2.01. The summed E-state index contributed by atoms with van der Waals surface area (Å²) in [5, 5.41) is 0. The molecule has 0 aromatic heterocycles. The summed E-state index contributed by atoms with van der Waals surface area (Å²) in [6.07, 6.45) is 0. The standard InChI is InChI=1S/C13H9AsO4.Na/c15-13-10-5-2-1-4-8(10)9-6-3-7-11(12(9)13)14(16,17)18;/h1-7H,(H2,16,17,18);/q;+1. The molecule has 0 heterocycles. The van der Waals surface area contributed by atoms with Crippen molar-refractivity contribution in [3.05, 3.63) is 53.6 Å². The van der Waals surface area contributed by atoms with E-state index in [1.165, 1.54) is 6.07 Å². The number of hydrogen-bond donors (Lipinski definition) is 2. The second-order valence-corrected chi connectivity index (χ2v) is 7.41. The molecule has 0 atom stereocenters. The third-order valence-electron chi connectivity index (χ3n) is 3.05. The van der Waals surface area contributed by atoms with Crippen molar-refractivity contribution in [2.75, 3.05) is 0 Å². The summed E-state index contributed by atoms with van der Waals surface area (Å²) in [4.78, 5) is 12.2. The van der Waals surface area contributed by atoms with Gasteiger partial charge in [0.25, 0.3) is 0 Å². The van der Waals surface area contributed by atoms with E-state index in [1.54, 1.807) is 36.4 Å². The molecule has 6 heteroatoms. The van der Waals surface area contributed by atoms with E-state index in [9.17, 15) is 16.7 Å². The van der Waals surface area contributed by atoms with E-state index in [1.807, 2.05) is 0 Å². The maximum Gasteiger partial charge on any atom is 1.00 e. The van der Waals surface area contributed by atoms with Crippen molar-refractivity contribution in [1.82, 2.24) is 0 Å². The first kappa shape index (κ1) is 14.8. The molecule has 1 aliphatic carbocycles. The van der Waals surface area contributed by atoms with E-state index in [-0.39, 0.29) is 45.3 Å². The Hall–Kier alpha value is -0.612. The van der Waals surface area contributed by atoms with Crippen LogP contribution in [0.15, 0.2) is 42.5 Å². The van der Waals surface area contributed by atoms with E-state index >= 15 is 0 Å². The van der Waals surface area contributed by atoms with Crippen LogP contribution < -0.4 is 33.9 Å². The Kier molecular flexibility index (Phi) is 3.94. The molecule has 4 nitrogen and oxygen atoms in total. The molecule has 0 saturated carbocycles. The van der Waals surface area contributed by atoms with Crippen LogP contribution in [-0.2, 0) is 3.74 Å². The van der Waals surface area contributed by atoms with Gasteiger partial charge in [-0.15, -0.1) is 0 Å². The Morgan fingerprint density at radius 3 is 2.05 bits per heavy atom. The average Bonchev–Trinajstić information content (AvgIpc) is 2.63. The molecule has 3 rings (SSSR count). The number of carbonyl (C=O) groups is 1. The van der Waals surface area contributed by atoms with Crippen molar-refractivity contribution < 1.29 is 46.3 Å². The summed E-state index contributed by atoms with van der Waals surface area (Å²) in [5.74, 6) is -0.305. The number of fused-ring (bicyclic) bond motifs is 3. The van der Waals surface area contributed by atoms with E-state index in [4.69, 9.17) is 0 Å². The predicted octanol–water partition coefficient (Wildman–Crippen LogP) is -2.54. The van der Waals surface area contributed by atoms with Gasteiger partial charge in [-0.3, -0.25) is 0 Å². The van der Waals surface area contributed by atoms with Crippen molar-refractivity contribution >= 4 is 24.3 Å². The molecule has 2 N–H and O–H groups in total. The fraction of sp³-hybridized carbons (Fsp3) is 0. The molecule has 0 bridgehead atoms. The molecule has 0 radical (unpaired) electrons. The van der Waals surface area contributed by atoms with E-state index < -0.39 is 14.2 Å². The quantitative estimate of drug-likeness (QED) is 0.483. The molecule has 90 valence electrons. The molecule has 19 heavy (non-hydrogen) atoms. The van der Waals surface area contributed by atoms with Gasteiger partial charge in [0.1, 0.15) is 0 Å². The SMILES string of the molecule is O=C1c2ccccc2-c2cccc([As](=O)(O)O)c21.[Na+]. The van der Waals surface area contributed by atoms with Gasteiger partial charge in [-0.05, 0) is 0 Å². The minimum atomic E-state index is -5.09. The Morgan fingerprint density at radius 1 is 0.842 bits per heavy atom. The Balaban J connectivity index is 0.00000133. The zero-order valence-corrected chi connectivity index (χ0v) is 14.1. The monoisotopic (exact) mass is 327 g/mol. The second kappa shape index (κ2) is 5.06. The zero-order valence-electron chi connectivity index (χ0n) is 10.2. The molecule has 0 spiro atoms. The molecule has 0 unspecified atom stereocenters. The molecular formula is C13H9AsNaO4+. The van der Waals surface area contributed by atoms with Crippen molar-refractivity contribution in [3.63, 3.8) is 0 Å². The fourth-order valence-electron chi connectivity index (χ4n) is 2.30. The Morgan fingerprint density at radius 2 is 1.42 bits per heavy atom. The predicted molar refractivity (Wildman–Crippen MR) is 65.8 cm³/mol. The molecule has 0 saturated heterocycles. The molecule has 0 fully saturated rings. The van der Waals surface area contributed by atoms with Crippen LogP contribution in [0.1, 0.15) is 15.9 Å². The van der Waals surface area contributed by atoms with Crippen molar-refractivity contribution in [3.8, 4) is 11.1 Å². The molecule has 0 amide bonds. The number of carbonyl (C=O) groups excluding carboxylic acids is 1. The molecular weight excluding hydrogens is 318 g/mol. The first-order valence-corrected chi connectivity index (χ1v) is 8.71. The molecule has 2 aromatic rings. The third-order valence-corrected chi connectivity index (χ3v) is 5.14. The molecule has 0 aliphatic heterocycles. The van der Waals surface area contributed by atoms with Crippen LogP contribution in [0.25, 0.3) is 11.1 Å². The van der Waals surface area contributed by atoms with Crippen LogP contribution in [0.2, 0.25) is 0 Å². The minimum Gasteiger partial charge on any atom is 1.00 e. The molecule has 2 aromatic carbocycles. The summed E-state index contributed by atoms with van der Waals surface area (Å²) >= 11 is -5.09.